The average molecular weight is 318 g/mol. The van der Waals surface area contributed by atoms with Crippen LogP contribution in [0.25, 0.3) is 0 Å². The van der Waals surface area contributed by atoms with E-state index in [0.717, 1.165) is 36.0 Å². The number of amides is 1. The Morgan fingerprint density at radius 3 is 3.05 bits per heavy atom. The van der Waals surface area contributed by atoms with Gasteiger partial charge < -0.3 is 10.5 Å². The summed E-state index contributed by atoms with van der Waals surface area (Å²) >= 11 is 1.67. The molecule has 0 radical (unpaired) electrons. The van der Waals surface area contributed by atoms with Gasteiger partial charge in [-0.25, -0.2) is 4.98 Å². The monoisotopic (exact) mass is 318 g/mol. The summed E-state index contributed by atoms with van der Waals surface area (Å²) in [5.41, 5.74) is 7.56. The van der Waals surface area contributed by atoms with E-state index >= 15 is 0 Å². The molecule has 22 heavy (non-hydrogen) atoms. The zero-order valence-electron chi connectivity index (χ0n) is 12.4. The second-order valence-corrected chi connectivity index (χ2v) is 6.35. The van der Waals surface area contributed by atoms with Gasteiger partial charge in [0.15, 0.2) is 0 Å². The molecule has 1 unspecified atom stereocenters. The largest absolute Gasteiger partial charge is 0.369 e. The summed E-state index contributed by atoms with van der Waals surface area (Å²) in [6.45, 7) is 5.14. The zero-order valence-corrected chi connectivity index (χ0v) is 13.2. The summed E-state index contributed by atoms with van der Waals surface area (Å²) in [6, 6.07) is 3.50. The summed E-state index contributed by atoms with van der Waals surface area (Å²) in [5, 5.41) is 3.18. The van der Waals surface area contributed by atoms with Crippen molar-refractivity contribution in [3.05, 3.63) is 45.7 Å². The van der Waals surface area contributed by atoms with Gasteiger partial charge in [-0.15, -0.1) is 11.3 Å². The van der Waals surface area contributed by atoms with E-state index < -0.39 is 5.91 Å². The van der Waals surface area contributed by atoms with Crippen molar-refractivity contribution in [2.45, 2.75) is 19.6 Å². The summed E-state index contributed by atoms with van der Waals surface area (Å²) in [6.07, 6.45) is 1.42. The number of primary amides is 1. The highest BCUT2D eigenvalue weighted by atomic mass is 32.1. The Morgan fingerprint density at radius 1 is 1.55 bits per heavy atom. The van der Waals surface area contributed by atoms with Crippen LogP contribution in [0, 0.1) is 6.92 Å². The van der Waals surface area contributed by atoms with Crippen LogP contribution >= 0.6 is 11.3 Å². The highest BCUT2D eigenvalue weighted by Crippen LogP contribution is 2.22. The first kappa shape index (κ1) is 15.1. The highest BCUT2D eigenvalue weighted by molar-refractivity contribution is 7.09. The van der Waals surface area contributed by atoms with Crippen molar-refractivity contribution in [2.75, 3.05) is 19.7 Å². The average Bonchev–Trinajstić information content (AvgIpc) is 2.93. The second-order valence-electron chi connectivity index (χ2n) is 5.29. The molecule has 7 heteroatoms. The predicted octanol–water partition coefficient (Wildman–Crippen LogP) is 1.52. The maximum atomic E-state index is 11.1. The first-order valence-corrected chi connectivity index (χ1v) is 8.00. The lowest BCUT2D eigenvalue weighted by Gasteiger charge is -2.32. The van der Waals surface area contributed by atoms with Gasteiger partial charge in [-0.05, 0) is 19.1 Å². The molecule has 1 amide bonds. The Bertz CT molecular complexity index is 656. The number of hydrogen-bond acceptors (Lipinski definition) is 6. The van der Waals surface area contributed by atoms with Crippen LogP contribution in [0.15, 0.2) is 23.7 Å². The number of thiazole rings is 1. The van der Waals surface area contributed by atoms with Crippen LogP contribution in [-0.4, -0.2) is 40.5 Å². The van der Waals surface area contributed by atoms with E-state index in [1.54, 1.807) is 23.5 Å². The molecule has 1 atom stereocenters. The number of carbonyl (C=O) groups excluding carboxylic acids is 1. The summed E-state index contributed by atoms with van der Waals surface area (Å²) < 4.78 is 5.80. The van der Waals surface area contributed by atoms with Gasteiger partial charge in [0.05, 0.1) is 28.6 Å². The topological polar surface area (TPSA) is 81.3 Å². The van der Waals surface area contributed by atoms with E-state index in [0.29, 0.717) is 12.2 Å². The fourth-order valence-corrected chi connectivity index (χ4v) is 3.08. The van der Waals surface area contributed by atoms with Crippen molar-refractivity contribution in [3.8, 4) is 0 Å². The zero-order chi connectivity index (χ0) is 15.5. The van der Waals surface area contributed by atoms with E-state index in [2.05, 4.69) is 20.2 Å². The van der Waals surface area contributed by atoms with Crippen LogP contribution in [0.5, 0.6) is 0 Å². The Hall–Kier alpha value is -1.83. The molecule has 0 saturated carbocycles. The minimum absolute atomic E-state index is 0.0876. The molecule has 0 aromatic carbocycles. The first-order valence-electron chi connectivity index (χ1n) is 7.12. The Kier molecular flexibility index (Phi) is 4.47. The van der Waals surface area contributed by atoms with Crippen molar-refractivity contribution in [3.63, 3.8) is 0 Å². The number of morpholine rings is 1. The van der Waals surface area contributed by atoms with Crippen molar-refractivity contribution in [2.24, 2.45) is 5.73 Å². The lowest BCUT2D eigenvalue weighted by Crippen LogP contribution is -2.38. The molecule has 3 heterocycles. The van der Waals surface area contributed by atoms with E-state index in [1.165, 1.54) is 6.20 Å². The molecule has 3 rings (SSSR count). The van der Waals surface area contributed by atoms with Gasteiger partial charge in [0.2, 0.25) is 5.91 Å². The van der Waals surface area contributed by atoms with Crippen LogP contribution in [0.2, 0.25) is 0 Å². The molecule has 2 N–H and O–H groups in total. The predicted molar refractivity (Wildman–Crippen MR) is 83.6 cm³/mol. The molecular formula is C15H18N4O2S. The second kappa shape index (κ2) is 6.51. The van der Waals surface area contributed by atoms with Crippen LogP contribution in [-0.2, 0) is 11.3 Å². The summed E-state index contributed by atoms with van der Waals surface area (Å²) in [7, 11) is 0. The number of ether oxygens (including phenoxy) is 1. The van der Waals surface area contributed by atoms with E-state index in [4.69, 9.17) is 10.5 Å². The van der Waals surface area contributed by atoms with Gasteiger partial charge in [0.1, 0.15) is 6.10 Å². The van der Waals surface area contributed by atoms with Crippen molar-refractivity contribution >= 4 is 17.2 Å². The van der Waals surface area contributed by atoms with Crippen molar-refractivity contribution in [1.82, 2.24) is 14.9 Å². The molecule has 2 aromatic heterocycles. The minimum Gasteiger partial charge on any atom is -0.369 e. The first-order chi connectivity index (χ1) is 10.6. The molecule has 116 valence electrons. The van der Waals surface area contributed by atoms with Gasteiger partial charge in [-0.1, -0.05) is 0 Å². The normalized spacial score (nSPS) is 19.2. The molecule has 2 aromatic rings. The molecule has 1 aliphatic rings. The van der Waals surface area contributed by atoms with E-state index in [-0.39, 0.29) is 6.10 Å². The molecule has 1 fully saturated rings. The number of nitrogens with zero attached hydrogens (tertiary/aromatic N) is 3. The third kappa shape index (κ3) is 3.49. The van der Waals surface area contributed by atoms with Crippen LogP contribution in [0.3, 0.4) is 0 Å². The third-order valence-electron chi connectivity index (χ3n) is 3.60. The number of pyridine rings is 1. The molecule has 0 aliphatic carbocycles. The molecular weight excluding hydrogens is 300 g/mol. The fraction of sp³-hybridized carbons (Fsp3) is 0.400. The number of carbonyl (C=O) groups is 1. The Balaban J connectivity index is 1.66. The molecule has 1 saturated heterocycles. The van der Waals surface area contributed by atoms with E-state index in [9.17, 15) is 4.79 Å². The summed E-state index contributed by atoms with van der Waals surface area (Å²) in [5.74, 6) is -0.468. The Morgan fingerprint density at radius 2 is 2.41 bits per heavy atom. The molecule has 0 spiro atoms. The molecule has 6 nitrogen and oxygen atoms in total. The number of aryl methyl sites for hydroxylation is 1. The quantitative estimate of drug-likeness (QED) is 0.924. The van der Waals surface area contributed by atoms with Gasteiger partial charge in [0.25, 0.3) is 0 Å². The van der Waals surface area contributed by atoms with Crippen molar-refractivity contribution < 1.29 is 9.53 Å². The lowest BCUT2D eigenvalue weighted by atomic mass is 10.1. The maximum Gasteiger partial charge on any atom is 0.250 e. The molecule has 0 bridgehead atoms. The number of nitrogens with two attached hydrogens (primary N) is 1. The lowest BCUT2D eigenvalue weighted by molar-refractivity contribution is -0.0353. The van der Waals surface area contributed by atoms with Gasteiger partial charge in [0, 0.05) is 31.2 Å². The summed E-state index contributed by atoms with van der Waals surface area (Å²) in [4.78, 5) is 22.2. The standard InChI is InChI=1S/C15H18N4O2S/c1-10-18-12(9-22-10)7-19-4-5-21-14(8-19)13-3-2-11(6-17-13)15(16)20/h2-3,6,9,14H,4-5,7-8H2,1H3,(H2,16,20). The SMILES string of the molecule is Cc1nc(CN2CCOC(c3ccc(C(N)=O)cn3)C2)cs1. The van der Waals surface area contributed by atoms with Crippen molar-refractivity contribution in [1.29, 1.82) is 0 Å². The van der Waals surface area contributed by atoms with Gasteiger partial charge in [-0.2, -0.15) is 0 Å². The van der Waals surface area contributed by atoms with Gasteiger partial charge in [-0.3, -0.25) is 14.7 Å². The van der Waals surface area contributed by atoms with Crippen LogP contribution in [0.1, 0.15) is 32.9 Å². The number of aromatic nitrogens is 2. The Labute approximate surface area is 132 Å². The maximum absolute atomic E-state index is 11.1. The minimum atomic E-state index is -0.468. The number of hydrogen-bond donors (Lipinski definition) is 1. The fourth-order valence-electron chi connectivity index (χ4n) is 2.48. The third-order valence-corrected chi connectivity index (χ3v) is 4.43. The smallest absolute Gasteiger partial charge is 0.250 e. The number of rotatable bonds is 4. The van der Waals surface area contributed by atoms with Crippen LogP contribution in [0.4, 0.5) is 0 Å². The van der Waals surface area contributed by atoms with E-state index in [1.807, 2.05) is 6.92 Å². The van der Waals surface area contributed by atoms with Crippen LogP contribution < -0.4 is 5.73 Å². The highest BCUT2D eigenvalue weighted by Gasteiger charge is 2.23. The molecule has 1 aliphatic heterocycles. The van der Waals surface area contributed by atoms with Gasteiger partial charge >= 0.3 is 0 Å².